The highest BCUT2D eigenvalue weighted by Gasteiger charge is 2.37. The Kier molecular flexibility index (Phi) is 5.11. The summed E-state index contributed by atoms with van der Waals surface area (Å²) in [4.78, 5) is 24.1. The smallest absolute Gasteiger partial charge is 0.317 e. The Balaban J connectivity index is 2.28. The lowest BCUT2D eigenvalue weighted by molar-refractivity contribution is -0.144. The largest absolute Gasteiger partial charge is 0.481 e. The molecule has 5 nitrogen and oxygen atoms in total. The van der Waals surface area contributed by atoms with Crippen molar-refractivity contribution in [1.82, 2.24) is 10.2 Å². The van der Waals surface area contributed by atoms with E-state index in [1.54, 1.807) is 23.6 Å². The Morgan fingerprint density at radius 3 is 2.53 bits per heavy atom. The van der Waals surface area contributed by atoms with Crippen LogP contribution in [0.25, 0.3) is 0 Å². The second-order valence-electron chi connectivity index (χ2n) is 4.60. The summed E-state index contributed by atoms with van der Waals surface area (Å²) in [6.07, 6.45) is 2.00. The summed E-state index contributed by atoms with van der Waals surface area (Å²) < 4.78 is 0. The van der Waals surface area contributed by atoms with Crippen LogP contribution >= 0.6 is 11.8 Å². The fourth-order valence-corrected chi connectivity index (χ4v) is 2.37. The molecule has 0 aromatic heterocycles. The van der Waals surface area contributed by atoms with E-state index in [0.717, 1.165) is 5.75 Å². The van der Waals surface area contributed by atoms with Crippen molar-refractivity contribution in [2.24, 2.45) is 11.8 Å². The second kappa shape index (κ2) is 6.14. The molecular formula is C11H20N2O3S. The molecule has 0 aliphatic carbocycles. The lowest BCUT2D eigenvalue weighted by atomic mass is 9.87. The molecule has 17 heavy (non-hydrogen) atoms. The monoisotopic (exact) mass is 260 g/mol. The fourth-order valence-electron chi connectivity index (χ4n) is 1.79. The van der Waals surface area contributed by atoms with Crippen molar-refractivity contribution >= 4 is 23.8 Å². The number of hydrogen-bond acceptors (Lipinski definition) is 3. The summed E-state index contributed by atoms with van der Waals surface area (Å²) in [6.45, 7) is 4.75. The molecule has 2 N–H and O–H groups in total. The van der Waals surface area contributed by atoms with Gasteiger partial charge in [0.25, 0.3) is 0 Å². The molecule has 1 fully saturated rings. The number of nitrogens with zero attached hydrogens (tertiary/aromatic N) is 1. The van der Waals surface area contributed by atoms with Gasteiger partial charge in [-0.2, -0.15) is 11.8 Å². The minimum Gasteiger partial charge on any atom is -0.481 e. The van der Waals surface area contributed by atoms with Gasteiger partial charge in [0.05, 0.1) is 5.92 Å². The van der Waals surface area contributed by atoms with E-state index in [2.05, 4.69) is 5.32 Å². The minimum atomic E-state index is -0.786. The maximum absolute atomic E-state index is 11.7. The molecule has 1 aliphatic heterocycles. The van der Waals surface area contributed by atoms with Gasteiger partial charge < -0.3 is 15.3 Å². The standard InChI is InChI=1S/C11H20N2O3S/c1-7(6-17-3)12-11(16)13-4-9(5-13)8(2)10(14)15/h7-9H,4-6H2,1-3H3,(H,12,16)(H,14,15). The number of amides is 2. The molecular weight excluding hydrogens is 240 g/mol. The number of thioether (sulfide) groups is 1. The first-order valence-corrected chi connectivity index (χ1v) is 7.12. The number of hydrogen-bond donors (Lipinski definition) is 2. The molecule has 6 heteroatoms. The van der Waals surface area contributed by atoms with Gasteiger partial charge in [-0.25, -0.2) is 4.79 Å². The van der Waals surface area contributed by atoms with Crippen LogP contribution in [0.1, 0.15) is 13.8 Å². The van der Waals surface area contributed by atoms with E-state index < -0.39 is 5.97 Å². The number of carbonyl (C=O) groups excluding carboxylic acids is 1. The molecule has 2 atom stereocenters. The van der Waals surface area contributed by atoms with Gasteiger partial charge in [-0.3, -0.25) is 4.79 Å². The Labute approximate surface area is 106 Å². The minimum absolute atomic E-state index is 0.0830. The Bertz CT molecular complexity index is 292. The summed E-state index contributed by atoms with van der Waals surface area (Å²) in [5.41, 5.74) is 0. The van der Waals surface area contributed by atoms with Gasteiger partial charge in [-0.1, -0.05) is 6.92 Å². The third-order valence-electron chi connectivity index (χ3n) is 3.08. The molecule has 2 amide bonds. The summed E-state index contributed by atoms with van der Waals surface area (Å²) in [5.74, 6) is -0.184. The molecule has 0 bridgehead atoms. The highest BCUT2D eigenvalue weighted by molar-refractivity contribution is 7.98. The lowest BCUT2D eigenvalue weighted by Gasteiger charge is -2.41. The molecule has 0 saturated carbocycles. The predicted octanol–water partition coefficient (Wildman–Crippen LogP) is 1.10. The summed E-state index contributed by atoms with van der Waals surface area (Å²) >= 11 is 1.69. The van der Waals surface area contributed by atoms with E-state index in [-0.39, 0.29) is 23.9 Å². The zero-order valence-electron chi connectivity index (χ0n) is 10.5. The van der Waals surface area contributed by atoms with Crippen LogP contribution in [0.15, 0.2) is 0 Å². The number of aliphatic carboxylic acids is 1. The number of nitrogens with one attached hydrogen (secondary N) is 1. The van der Waals surface area contributed by atoms with Crippen LogP contribution in [0.2, 0.25) is 0 Å². The van der Waals surface area contributed by atoms with E-state index >= 15 is 0 Å². The van der Waals surface area contributed by atoms with Crippen molar-refractivity contribution in [3.05, 3.63) is 0 Å². The van der Waals surface area contributed by atoms with Crippen molar-refractivity contribution in [2.45, 2.75) is 19.9 Å². The first kappa shape index (κ1) is 14.2. The molecule has 0 aromatic rings. The maximum atomic E-state index is 11.7. The summed E-state index contributed by atoms with van der Waals surface area (Å²) in [6, 6.07) is 0.0637. The predicted molar refractivity (Wildman–Crippen MR) is 68.2 cm³/mol. The number of carboxylic acids is 1. The van der Waals surface area contributed by atoms with E-state index in [1.807, 2.05) is 13.2 Å². The zero-order chi connectivity index (χ0) is 13.0. The van der Waals surface area contributed by atoms with E-state index in [0.29, 0.717) is 13.1 Å². The van der Waals surface area contributed by atoms with Crippen LogP contribution in [0.3, 0.4) is 0 Å². The molecule has 1 heterocycles. The van der Waals surface area contributed by atoms with Crippen LogP contribution in [0.5, 0.6) is 0 Å². The van der Waals surface area contributed by atoms with Gasteiger partial charge in [-0.15, -0.1) is 0 Å². The normalized spacial score (nSPS) is 19.4. The van der Waals surface area contributed by atoms with E-state index in [9.17, 15) is 9.59 Å². The average Bonchev–Trinajstić information content (AvgIpc) is 2.14. The molecule has 98 valence electrons. The van der Waals surface area contributed by atoms with Crippen molar-refractivity contribution < 1.29 is 14.7 Å². The van der Waals surface area contributed by atoms with Crippen molar-refractivity contribution in [1.29, 1.82) is 0 Å². The average molecular weight is 260 g/mol. The SMILES string of the molecule is CSCC(C)NC(=O)N1CC(C(C)C(=O)O)C1. The maximum Gasteiger partial charge on any atom is 0.317 e. The molecule has 2 unspecified atom stereocenters. The topological polar surface area (TPSA) is 69.6 Å². The number of rotatable bonds is 5. The molecule has 1 rings (SSSR count). The molecule has 0 radical (unpaired) electrons. The lowest BCUT2D eigenvalue weighted by Crippen LogP contribution is -2.57. The third kappa shape index (κ3) is 3.80. The quantitative estimate of drug-likeness (QED) is 0.776. The zero-order valence-corrected chi connectivity index (χ0v) is 11.3. The van der Waals surface area contributed by atoms with Crippen LogP contribution in [-0.4, -0.2) is 53.1 Å². The second-order valence-corrected chi connectivity index (χ2v) is 5.51. The summed E-state index contributed by atoms with van der Waals surface area (Å²) in [7, 11) is 0. The number of likely N-dealkylation sites (tertiary alicyclic amines) is 1. The van der Waals surface area contributed by atoms with Gasteiger partial charge in [-0.05, 0) is 13.2 Å². The van der Waals surface area contributed by atoms with Gasteiger partial charge in [0, 0.05) is 30.8 Å². The highest BCUT2D eigenvalue weighted by Crippen LogP contribution is 2.23. The van der Waals surface area contributed by atoms with E-state index in [1.165, 1.54) is 0 Å². The Morgan fingerprint density at radius 2 is 2.06 bits per heavy atom. The van der Waals surface area contributed by atoms with Gasteiger partial charge in [0.15, 0.2) is 0 Å². The van der Waals surface area contributed by atoms with Crippen molar-refractivity contribution in [3.63, 3.8) is 0 Å². The Morgan fingerprint density at radius 1 is 1.47 bits per heavy atom. The van der Waals surface area contributed by atoms with Crippen molar-refractivity contribution in [2.75, 3.05) is 25.1 Å². The van der Waals surface area contributed by atoms with Crippen molar-refractivity contribution in [3.8, 4) is 0 Å². The fraction of sp³-hybridized carbons (Fsp3) is 0.818. The van der Waals surface area contributed by atoms with Crippen LogP contribution in [0.4, 0.5) is 4.79 Å². The molecule has 1 saturated heterocycles. The number of carboxylic acid groups (broad SMARTS) is 1. The number of carbonyl (C=O) groups is 2. The molecule has 1 aliphatic rings. The summed E-state index contributed by atoms with van der Waals surface area (Å²) in [5, 5.41) is 11.7. The van der Waals surface area contributed by atoms with Gasteiger partial charge in [0.2, 0.25) is 0 Å². The highest BCUT2D eigenvalue weighted by atomic mass is 32.2. The number of urea groups is 1. The van der Waals surface area contributed by atoms with Gasteiger partial charge >= 0.3 is 12.0 Å². The van der Waals surface area contributed by atoms with Crippen LogP contribution < -0.4 is 5.32 Å². The van der Waals surface area contributed by atoms with Gasteiger partial charge in [0.1, 0.15) is 0 Å². The molecule has 0 spiro atoms. The van der Waals surface area contributed by atoms with E-state index in [4.69, 9.17) is 5.11 Å². The Hall–Kier alpha value is -0.910. The first-order chi connectivity index (χ1) is 7.95. The molecule has 0 aromatic carbocycles. The first-order valence-electron chi connectivity index (χ1n) is 5.72. The van der Waals surface area contributed by atoms with Crippen LogP contribution in [-0.2, 0) is 4.79 Å². The third-order valence-corrected chi connectivity index (χ3v) is 3.91. The van der Waals surface area contributed by atoms with Crippen LogP contribution in [0, 0.1) is 11.8 Å².